The highest BCUT2D eigenvalue weighted by molar-refractivity contribution is 6.00. The molecule has 0 unspecified atom stereocenters. The van der Waals surface area contributed by atoms with Gasteiger partial charge >= 0.3 is 0 Å². The Morgan fingerprint density at radius 2 is 1.27 bits per heavy atom. The van der Waals surface area contributed by atoms with Gasteiger partial charge in [0.25, 0.3) is 0 Å². The third-order valence-electron chi connectivity index (χ3n) is 4.96. The minimum Gasteiger partial charge on any atom is -1.00 e. The first-order valence-corrected chi connectivity index (χ1v) is 9.74. The Labute approximate surface area is 183 Å². The summed E-state index contributed by atoms with van der Waals surface area (Å²) >= 11 is 0. The average molecular weight is 415 g/mol. The standard InChI is InChI=1S/C26H22N2O.ClH/c29-26(25(22-12-4-1-5-13-22)23-14-6-2-7-15-23)28(24-16-8-3-9-17-24)20-21-11-10-18-27-19-21;/h1-19,25H,20H2;1H. The largest absolute Gasteiger partial charge is 1.00 e. The van der Waals surface area contributed by atoms with Crippen LogP contribution in [-0.4, -0.2) is 5.91 Å². The molecular formula is C26H23ClN2O. The number of pyridine rings is 1. The van der Waals surface area contributed by atoms with Crippen LogP contribution in [0.5, 0.6) is 0 Å². The van der Waals surface area contributed by atoms with Gasteiger partial charge in [0.15, 0.2) is 12.4 Å². The van der Waals surface area contributed by atoms with Crippen LogP contribution in [0.1, 0.15) is 22.6 Å². The number of carbonyl (C=O) groups excluding carboxylic acids is 1. The molecule has 4 aromatic rings. The van der Waals surface area contributed by atoms with Crippen molar-refractivity contribution in [2.75, 3.05) is 4.90 Å². The number of hydrogen-bond donors (Lipinski definition) is 0. The minimum absolute atomic E-state index is 0. The highest BCUT2D eigenvalue weighted by Gasteiger charge is 2.28. The zero-order chi connectivity index (χ0) is 19.9. The van der Waals surface area contributed by atoms with E-state index in [0.29, 0.717) is 6.54 Å². The topological polar surface area (TPSA) is 34.5 Å². The van der Waals surface area contributed by atoms with Crippen LogP contribution in [0.3, 0.4) is 0 Å². The van der Waals surface area contributed by atoms with Gasteiger partial charge in [-0.2, -0.15) is 0 Å². The number of carbonyl (C=O) groups is 1. The van der Waals surface area contributed by atoms with Crippen molar-refractivity contribution in [3.8, 4) is 0 Å². The van der Waals surface area contributed by atoms with E-state index in [4.69, 9.17) is 0 Å². The molecule has 0 aliphatic rings. The van der Waals surface area contributed by atoms with Crippen LogP contribution in [0.4, 0.5) is 5.69 Å². The normalized spacial score (nSPS) is 10.3. The molecule has 150 valence electrons. The molecule has 0 fully saturated rings. The van der Waals surface area contributed by atoms with Crippen LogP contribution in [0.25, 0.3) is 0 Å². The first-order chi connectivity index (χ1) is 14.3. The Bertz CT molecular complexity index is 1000. The number of nitrogens with zero attached hydrogens (tertiary/aromatic N) is 1. The number of para-hydroxylation sites is 1. The van der Waals surface area contributed by atoms with Crippen molar-refractivity contribution in [3.05, 3.63) is 132 Å². The van der Waals surface area contributed by atoms with Gasteiger partial charge in [0, 0.05) is 17.3 Å². The summed E-state index contributed by atoms with van der Waals surface area (Å²) < 4.78 is 0. The Morgan fingerprint density at radius 1 is 0.733 bits per heavy atom. The maximum atomic E-state index is 14.0. The van der Waals surface area contributed by atoms with E-state index in [1.165, 1.54) is 0 Å². The smallest absolute Gasteiger partial charge is 0.239 e. The van der Waals surface area contributed by atoms with E-state index in [0.717, 1.165) is 22.4 Å². The predicted molar refractivity (Wildman–Crippen MR) is 115 cm³/mol. The summed E-state index contributed by atoms with van der Waals surface area (Å²) in [6.45, 7) is 0.496. The lowest BCUT2D eigenvalue weighted by atomic mass is 9.89. The first kappa shape index (κ1) is 21.3. The number of amides is 1. The lowest BCUT2D eigenvalue weighted by molar-refractivity contribution is -0.378. The van der Waals surface area contributed by atoms with Crippen LogP contribution in [0.2, 0.25) is 0 Å². The second-order valence-electron chi connectivity index (χ2n) is 6.93. The molecular weight excluding hydrogens is 392 g/mol. The molecule has 0 aliphatic heterocycles. The third kappa shape index (κ3) is 4.94. The van der Waals surface area contributed by atoms with E-state index in [1.807, 2.05) is 120 Å². The number of aromatic nitrogens is 1. The van der Waals surface area contributed by atoms with Crippen molar-refractivity contribution in [1.29, 1.82) is 0 Å². The molecule has 0 atom stereocenters. The van der Waals surface area contributed by atoms with Crippen molar-refractivity contribution < 1.29 is 22.2 Å². The zero-order valence-electron chi connectivity index (χ0n) is 16.5. The molecule has 1 N–H and O–H groups in total. The van der Waals surface area contributed by atoms with Gasteiger partial charge in [-0.05, 0) is 29.3 Å². The monoisotopic (exact) mass is 414 g/mol. The molecule has 0 saturated carbocycles. The van der Waals surface area contributed by atoms with Crippen LogP contribution in [-0.2, 0) is 11.3 Å². The summed E-state index contributed by atoms with van der Waals surface area (Å²) in [4.78, 5) is 18.9. The molecule has 3 aromatic carbocycles. The van der Waals surface area contributed by atoms with Crippen molar-refractivity contribution in [2.45, 2.75) is 12.5 Å². The van der Waals surface area contributed by atoms with Crippen LogP contribution < -0.4 is 22.3 Å². The van der Waals surface area contributed by atoms with Gasteiger partial charge in [-0.25, -0.2) is 4.98 Å². The van der Waals surface area contributed by atoms with Gasteiger partial charge in [-0.3, -0.25) is 4.79 Å². The molecule has 0 saturated heterocycles. The Kier molecular flexibility index (Phi) is 7.36. The molecule has 0 radical (unpaired) electrons. The molecule has 1 aromatic heterocycles. The van der Waals surface area contributed by atoms with Gasteiger partial charge < -0.3 is 17.3 Å². The fourth-order valence-electron chi connectivity index (χ4n) is 3.54. The fourth-order valence-corrected chi connectivity index (χ4v) is 3.54. The van der Waals surface area contributed by atoms with Crippen LogP contribution in [0.15, 0.2) is 116 Å². The van der Waals surface area contributed by atoms with Gasteiger partial charge in [0.2, 0.25) is 5.91 Å². The summed E-state index contributed by atoms with van der Waals surface area (Å²) in [5.41, 5.74) is 3.91. The summed E-state index contributed by atoms with van der Waals surface area (Å²) in [7, 11) is 0. The number of aromatic amines is 1. The van der Waals surface area contributed by atoms with E-state index in [9.17, 15) is 4.79 Å². The van der Waals surface area contributed by atoms with E-state index in [1.54, 1.807) is 0 Å². The van der Waals surface area contributed by atoms with Crippen LogP contribution >= 0.6 is 0 Å². The van der Waals surface area contributed by atoms with Crippen molar-refractivity contribution in [2.24, 2.45) is 0 Å². The maximum Gasteiger partial charge on any atom is 0.239 e. The second-order valence-corrected chi connectivity index (χ2v) is 6.93. The van der Waals surface area contributed by atoms with Gasteiger partial charge in [0.05, 0.1) is 12.5 Å². The number of rotatable bonds is 6. The molecule has 1 amide bonds. The van der Waals surface area contributed by atoms with E-state index >= 15 is 0 Å². The molecule has 3 nitrogen and oxygen atoms in total. The summed E-state index contributed by atoms with van der Waals surface area (Å²) in [5, 5.41) is 0. The summed E-state index contributed by atoms with van der Waals surface area (Å²) in [5.74, 6) is -0.317. The van der Waals surface area contributed by atoms with E-state index in [2.05, 4.69) is 4.98 Å². The Hall–Kier alpha value is -3.43. The summed E-state index contributed by atoms with van der Waals surface area (Å²) in [6.07, 6.45) is 3.80. The van der Waals surface area contributed by atoms with Crippen molar-refractivity contribution in [3.63, 3.8) is 0 Å². The number of H-pyrrole nitrogens is 1. The molecule has 0 bridgehead atoms. The van der Waals surface area contributed by atoms with E-state index in [-0.39, 0.29) is 24.2 Å². The van der Waals surface area contributed by atoms with Crippen LogP contribution in [0, 0.1) is 0 Å². The summed E-state index contributed by atoms with van der Waals surface area (Å²) in [6, 6.07) is 33.8. The highest BCUT2D eigenvalue weighted by Crippen LogP contribution is 2.30. The minimum atomic E-state index is -0.370. The molecule has 30 heavy (non-hydrogen) atoms. The highest BCUT2D eigenvalue weighted by atomic mass is 35.5. The molecule has 1 heterocycles. The molecule has 0 aliphatic carbocycles. The Balaban J connectivity index is 0.00000256. The zero-order valence-corrected chi connectivity index (χ0v) is 17.2. The third-order valence-corrected chi connectivity index (χ3v) is 4.96. The first-order valence-electron chi connectivity index (χ1n) is 9.74. The number of halogens is 1. The van der Waals surface area contributed by atoms with Crippen molar-refractivity contribution in [1.82, 2.24) is 0 Å². The van der Waals surface area contributed by atoms with Gasteiger partial charge in [-0.15, -0.1) is 0 Å². The van der Waals surface area contributed by atoms with Gasteiger partial charge in [-0.1, -0.05) is 78.9 Å². The average Bonchev–Trinajstić information content (AvgIpc) is 2.80. The number of anilines is 1. The molecule has 4 heteroatoms. The fraction of sp³-hybridized carbons (Fsp3) is 0.0769. The number of hydrogen-bond acceptors (Lipinski definition) is 1. The maximum absolute atomic E-state index is 14.0. The molecule has 4 rings (SSSR count). The second kappa shape index (κ2) is 10.4. The number of benzene rings is 3. The molecule has 0 spiro atoms. The van der Waals surface area contributed by atoms with Crippen molar-refractivity contribution >= 4 is 11.6 Å². The SMILES string of the molecule is O=C(C(c1ccccc1)c1ccccc1)N(Cc1ccc[nH+]c1)c1ccccc1.[Cl-]. The Morgan fingerprint density at radius 3 is 1.77 bits per heavy atom. The quantitative estimate of drug-likeness (QED) is 0.474. The lowest BCUT2D eigenvalue weighted by Gasteiger charge is -2.28. The van der Waals surface area contributed by atoms with E-state index < -0.39 is 0 Å². The predicted octanol–water partition coefficient (Wildman–Crippen LogP) is 1.87. The number of nitrogens with one attached hydrogen (secondary N) is 1. The lowest BCUT2D eigenvalue weighted by Crippen LogP contribution is -3.00. The van der Waals surface area contributed by atoms with Gasteiger partial charge in [0.1, 0.15) is 0 Å².